The van der Waals surface area contributed by atoms with Crippen molar-refractivity contribution in [2.75, 3.05) is 30.3 Å². The van der Waals surface area contributed by atoms with E-state index in [4.69, 9.17) is 15.0 Å². The second-order valence-electron chi connectivity index (χ2n) is 8.28. The summed E-state index contributed by atoms with van der Waals surface area (Å²) in [5.74, 6) is 4.55. The van der Waals surface area contributed by atoms with Gasteiger partial charge in [-0.1, -0.05) is 19.0 Å². The summed E-state index contributed by atoms with van der Waals surface area (Å²) in [5, 5.41) is 4.08. The largest absolute Gasteiger partial charge is 0.494 e. The maximum Gasteiger partial charge on any atom is 0.324 e. The summed E-state index contributed by atoms with van der Waals surface area (Å²) < 4.78 is 11.3. The first kappa shape index (κ1) is 18.1. The maximum absolute atomic E-state index is 5.85. The molecule has 1 saturated carbocycles. The van der Waals surface area contributed by atoms with Crippen molar-refractivity contribution in [1.29, 1.82) is 0 Å². The van der Waals surface area contributed by atoms with E-state index < -0.39 is 0 Å². The van der Waals surface area contributed by atoms with Crippen molar-refractivity contribution in [1.82, 2.24) is 10.1 Å². The number of ether oxygens (including phenoxy) is 1. The molecular weight excluding hydrogens is 340 g/mol. The Morgan fingerprint density at radius 1 is 1.22 bits per heavy atom. The number of nitrogen functional groups attached to an aromatic ring is 1. The minimum absolute atomic E-state index is 0.308. The molecule has 0 unspecified atom stereocenters. The van der Waals surface area contributed by atoms with Gasteiger partial charge in [0.2, 0.25) is 0 Å². The minimum atomic E-state index is 0.308. The minimum Gasteiger partial charge on any atom is -0.494 e. The van der Waals surface area contributed by atoms with Gasteiger partial charge in [-0.2, -0.15) is 4.98 Å². The van der Waals surface area contributed by atoms with Crippen LogP contribution in [-0.2, 0) is 0 Å². The van der Waals surface area contributed by atoms with Crippen molar-refractivity contribution in [3.05, 3.63) is 30.1 Å². The van der Waals surface area contributed by atoms with Crippen molar-refractivity contribution >= 4 is 11.7 Å². The first-order valence-electron chi connectivity index (χ1n) is 10.2. The van der Waals surface area contributed by atoms with E-state index in [2.05, 4.69) is 28.9 Å². The average molecular weight is 370 g/mol. The van der Waals surface area contributed by atoms with Gasteiger partial charge in [-0.3, -0.25) is 0 Å². The van der Waals surface area contributed by atoms with E-state index in [-0.39, 0.29) is 0 Å². The summed E-state index contributed by atoms with van der Waals surface area (Å²) in [6.45, 7) is 7.02. The molecule has 0 spiro atoms. The Morgan fingerprint density at radius 3 is 2.63 bits per heavy atom. The highest BCUT2D eigenvalue weighted by atomic mass is 16.5. The SMILES string of the molecule is CC(C)c1noc(N2CCC([C@H]3C[C@H]3CCOc3ccc(N)cc3)CC2)n1. The lowest BCUT2D eigenvalue weighted by Crippen LogP contribution is -2.34. The van der Waals surface area contributed by atoms with Crippen LogP contribution >= 0.6 is 0 Å². The van der Waals surface area contributed by atoms with Gasteiger partial charge >= 0.3 is 6.01 Å². The number of aromatic nitrogens is 2. The predicted octanol–water partition coefficient (Wildman–Crippen LogP) is 4.10. The van der Waals surface area contributed by atoms with Crippen LogP contribution in [0.25, 0.3) is 0 Å². The molecule has 1 aromatic carbocycles. The first-order chi connectivity index (χ1) is 13.1. The summed E-state index contributed by atoms with van der Waals surface area (Å²) >= 11 is 0. The van der Waals surface area contributed by atoms with Gasteiger partial charge in [0.15, 0.2) is 5.82 Å². The molecule has 1 aromatic heterocycles. The van der Waals surface area contributed by atoms with Crippen molar-refractivity contribution in [2.24, 2.45) is 17.8 Å². The lowest BCUT2D eigenvalue weighted by Gasteiger charge is -2.30. The second kappa shape index (κ2) is 7.79. The fourth-order valence-electron chi connectivity index (χ4n) is 4.18. The molecule has 2 N–H and O–H groups in total. The highest BCUT2D eigenvalue weighted by molar-refractivity contribution is 5.41. The lowest BCUT2D eigenvalue weighted by atomic mass is 9.90. The Morgan fingerprint density at radius 2 is 1.96 bits per heavy atom. The number of benzene rings is 1. The van der Waals surface area contributed by atoms with Gasteiger partial charge in [-0.25, -0.2) is 0 Å². The Kier molecular flexibility index (Phi) is 5.23. The van der Waals surface area contributed by atoms with Crippen molar-refractivity contribution in [3.8, 4) is 5.75 Å². The number of nitrogens with zero attached hydrogens (tertiary/aromatic N) is 3. The van der Waals surface area contributed by atoms with Gasteiger partial charge in [0.05, 0.1) is 6.61 Å². The summed E-state index contributed by atoms with van der Waals surface area (Å²) in [6, 6.07) is 8.35. The van der Waals surface area contributed by atoms with E-state index in [9.17, 15) is 0 Å². The molecule has 6 heteroatoms. The van der Waals surface area contributed by atoms with Crippen molar-refractivity contribution in [2.45, 2.75) is 45.4 Å². The molecule has 6 nitrogen and oxygen atoms in total. The molecule has 0 radical (unpaired) electrons. The Balaban J connectivity index is 1.18. The Labute approximate surface area is 161 Å². The molecule has 146 valence electrons. The topological polar surface area (TPSA) is 77.4 Å². The number of hydrogen-bond donors (Lipinski definition) is 1. The maximum atomic E-state index is 5.85. The third-order valence-corrected chi connectivity index (χ3v) is 5.98. The molecule has 1 aliphatic heterocycles. The van der Waals surface area contributed by atoms with Gasteiger partial charge in [0, 0.05) is 24.7 Å². The van der Waals surface area contributed by atoms with Crippen LogP contribution in [0.3, 0.4) is 0 Å². The summed E-state index contributed by atoms with van der Waals surface area (Å²) in [5.41, 5.74) is 6.48. The quantitative estimate of drug-likeness (QED) is 0.740. The molecule has 1 aliphatic carbocycles. The fraction of sp³-hybridized carbons (Fsp3) is 0.619. The number of piperidine rings is 1. The van der Waals surface area contributed by atoms with Gasteiger partial charge < -0.3 is 19.9 Å². The first-order valence-corrected chi connectivity index (χ1v) is 10.2. The monoisotopic (exact) mass is 370 g/mol. The van der Waals surface area contributed by atoms with E-state index in [0.29, 0.717) is 11.9 Å². The number of anilines is 2. The van der Waals surface area contributed by atoms with Crippen LogP contribution in [0, 0.1) is 17.8 Å². The Bertz CT molecular complexity index is 735. The van der Waals surface area contributed by atoms with Crippen LogP contribution < -0.4 is 15.4 Å². The Hall–Kier alpha value is -2.24. The highest BCUT2D eigenvalue weighted by Crippen LogP contribution is 2.49. The molecule has 0 amide bonds. The van der Waals surface area contributed by atoms with Crippen molar-refractivity contribution in [3.63, 3.8) is 0 Å². The molecule has 27 heavy (non-hydrogen) atoms. The molecule has 4 rings (SSSR count). The molecule has 2 heterocycles. The zero-order chi connectivity index (χ0) is 18.8. The number of hydrogen-bond acceptors (Lipinski definition) is 6. The number of nitrogens with two attached hydrogens (primary N) is 1. The van der Waals surface area contributed by atoms with Gasteiger partial charge in [-0.15, -0.1) is 0 Å². The standard InChI is InChI=1S/C21H30N4O2/c1-14(2)20-23-21(27-24-20)25-10-7-15(8-11-25)19-13-16(19)9-12-26-18-5-3-17(22)4-6-18/h3-6,14-16,19H,7-13,22H2,1-2H3/t16-,19-/m1/s1. The summed E-state index contributed by atoms with van der Waals surface area (Å²) in [6.07, 6.45) is 4.95. The van der Waals surface area contributed by atoms with E-state index in [1.807, 2.05) is 24.3 Å². The predicted molar refractivity (Wildman–Crippen MR) is 106 cm³/mol. The summed E-state index contributed by atoms with van der Waals surface area (Å²) in [4.78, 5) is 6.78. The molecule has 1 saturated heterocycles. The second-order valence-corrected chi connectivity index (χ2v) is 8.28. The average Bonchev–Trinajstić information content (AvgIpc) is 3.26. The molecule has 0 bridgehead atoms. The fourth-order valence-corrected chi connectivity index (χ4v) is 4.18. The molecule has 2 aromatic rings. The van der Waals surface area contributed by atoms with Crippen LogP contribution in [-0.4, -0.2) is 29.8 Å². The lowest BCUT2D eigenvalue weighted by molar-refractivity contribution is 0.282. The summed E-state index contributed by atoms with van der Waals surface area (Å²) in [7, 11) is 0. The normalized spacial score (nSPS) is 23.0. The van der Waals surface area contributed by atoms with Crippen LogP contribution in [0.4, 0.5) is 11.7 Å². The highest BCUT2D eigenvalue weighted by Gasteiger charge is 2.43. The van der Waals surface area contributed by atoms with E-state index in [0.717, 1.165) is 61.1 Å². The smallest absolute Gasteiger partial charge is 0.324 e. The third kappa shape index (κ3) is 4.37. The molecular formula is C21H30N4O2. The van der Waals surface area contributed by atoms with Gasteiger partial charge in [0.1, 0.15) is 5.75 Å². The van der Waals surface area contributed by atoms with Crippen LogP contribution in [0.2, 0.25) is 0 Å². The van der Waals surface area contributed by atoms with Crippen molar-refractivity contribution < 1.29 is 9.26 Å². The molecule has 2 aliphatic rings. The van der Waals surface area contributed by atoms with Crippen LogP contribution in [0.1, 0.15) is 51.3 Å². The third-order valence-electron chi connectivity index (χ3n) is 5.98. The zero-order valence-electron chi connectivity index (χ0n) is 16.3. The number of rotatable bonds is 7. The van der Waals surface area contributed by atoms with E-state index in [1.54, 1.807) is 0 Å². The van der Waals surface area contributed by atoms with E-state index in [1.165, 1.54) is 19.3 Å². The zero-order valence-corrected chi connectivity index (χ0v) is 16.3. The molecule has 2 atom stereocenters. The van der Waals surface area contributed by atoms with Gasteiger partial charge in [-0.05, 0) is 67.7 Å². The molecule has 2 fully saturated rings. The van der Waals surface area contributed by atoms with Crippen LogP contribution in [0.15, 0.2) is 28.8 Å². The van der Waals surface area contributed by atoms with E-state index >= 15 is 0 Å². The van der Waals surface area contributed by atoms with Crippen LogP contribution in [0.5, 0.6) is 5.75 Å². The van der Waals surface area contributed by atoms with Gasteiger partial charge in [0.25, 0.3) is 0 Å².